The summed E-state index contributed by atoms with van der Waals surface area (Å²) in [6, 6.07) is 12.3. The molecule has 1 N–H and O–H groups in total. The topological polar surface area (TPSA) is 108 Å². The Balaban J connectivity index is 1.78. The molecule has 0 fully saturated rings. The first-order chi connectivity index (χ1) is 16.4. The summed E-state index contributed by atoms with van der Waals surface area (Å²) < 4.78 is 18.4. The molecule has 0 radical (unpaired) electrons. The van der Waals surface area contributed by atoms with Crippen LogP contribution < -0.4 is 14.2 Å². The molecule has 34 heavy (non-hydrogen) atoms. The van der Waals surface area contributed by atoms with Crippen LogP contribution in [0.15, 0.2) is 60.1 Å². The van der Waals surface area contributed by atoms with Gasteiger partial charge in [-0.1, -0.05) is 18.2 Å². The zero-order chi connectivity index (χ0) is 24.0. The number of carbonyl (C=O) groups is 1. The molecule has 1 aliphatic rings. The van der Waals surface area contributed by atoms with Gasteiger partial charge in [0.1, 0.15) is 17.8 Å². The quantitative estimate of drug-likeness (QED) is 0.480. The van der Waals surface area contributed by atoms with Gasteiger partial charge in [0.25, 0.3) is 0 Å². The molecule has 0 unspecified atom stereocenters. The molecule has 5 rings (SSSR count). The van der Waals surface area contributed by atoms with Gasteiger partial charge < -0.3 is 19.3 Å². The van der Waals surface area contributed by atoms with Gasteiger partial charge in [-0.3, -0.25) is 4.79 Å². The number of carbonyl (C=O) groups excluding carboxylic acids is 1. The van der Waals surface area contributed by atoms with Gasteiger partial charge >= 0.3 is 0 Å². The molecule has 0 saturated heterocycles. The second kappa shape index (κ2) is 8.18. The fourth-order valence-electron chi connectivity index (χ4n) is 4.33. The predicted molar refractivity (Wildman–Crippen MR) is 123 cm³/mol. The highest BCUT2D eigenvalue weighted by atomic mass is 16.5. The highest BCUT2D eigenvalue weighted by molar-refractivity contribution is 5.97. The molecule has 9 nitrogen and oxygen atoms in total. The van der Waals surface area contributed by atoms with E-state index in [2.05, 4.69) is 10.1 Å². The number of ketones is 1. The van der Waals surface area contributed by atoms with Crippen LogP contribution in [0.5, 0.6) is 23.1 Å². The van der Waals surface area contributed by atoms with E-state index in [1.807, 2.05) is 12.1 Å². The van der Waals surface area contributed by atoms with E-state index < -0.39 is 5.92 Å². The third kappa shape index (κ3) is 3.33. The van der Waals surface area contributed by atoms with E-state index in [9.17, 15) is 9.90 Å². The van der Waals surface area contributed by atoms with Crippen molar-refractivity contribution in [2.24, 2.45) is 0 Å². The first-order valence-corrected chi connectivity index (χ1v) is 10.6. The summed E-state index contributed by atoms with van der Waals surface area (Å²) in [6.45, 7) is 3.25. The van der Waals surface area contributed by atoms with Gasteiger partial charge in [0.15, 0.2) is 28.8 Å². The molecule has 2 aromatic heterocycles. The molecule has 0 saturated carbocycles. The van der Waals surface area contributed by atoms with E-state index in [1.165, 1.54) is 17.8 Å². The molecule has 0 aliphatic carbocycles. The largest absolute Gasteiger partial charge is 0.507 e. The fourth-order valence-corrected chi connectivity index (χ4v) is 4.33. The number of aromatic hydroxyl groups is 1. The second-order valence-electron chi connectivity index (χ2n) is 7.86. The Kier molecular flexibility index (Phi) is 5.16. The van der Waals surface area contributed by atoms with Crippen LogP contribution in [0.3, 0.4) is 0 Å². The molecule has 2 aromatic carbocycles. The number of nitrogens with zero attached hydrogens (tertiary/aromatic N) is 4. The number of fused-ring (bicyclic) bond motifs is 3. The Morgan fingerprint density at radius 2 is 1.88 bits per heavy atom. The first-order valence-electron chi connectivity index (χ1n) is 10.6. The lowest BCUT2D eigenvalue weighted by atomic mass is 9.81. The summed E-state index contributed by atoms with van der Waals surface area (Å²) in [7, 11) is 3.12. The van der Waals surface area contributed by atoms with Crippen molar-refractivity contribution in [3.05, 3.63) is 71.3 Å². The first kappa shape index (κ1) is 21.4. The Bertz CT molecular complexity index is 1470. The number of phenolic OH excluding ortho intramolecular Hbond substituents is 1. The maximum Gasteiger partial charge on any atom is 0.228 e. The molecular weight excluding hydrogens is 436 g/mol. The lowest BCUT2D eigenvalue weighted by Crippen LogP contribution is -2.22. The minimum atomic E-state index is -0.529. The number of methoxy groups -OCH3 is 2. The van der Waals surface area contributed by atoms with E-state index in [0.717, 1.165) is 5.56 Å². The van der Waals surface area contributed by atoms with Gasteiger partial charge in [0, 0.05) is 5.57 Å². The zero-order valence-electron chi connectivity index (χ0n) is 19.1. The lowest BCUT2D eigenvalue weighted by molar-refractivity contribution is -0.114. The molecule has 0 spiro atoms. The van der Waals surface area contributed by atoms with Gasteiger partial charge in [-0.25, -0.2) is 14.5 Å². The third-order valence-electron chi connectivity index (χ3n) is 5.86. The minimum absolute atomic E-state index is 0.0630. The van der Waals surface area contributed by atoms with Crippen LogP contribution in [0.2, 0.25) is 0 Å². The number of hydrogen-bond acceptors (Lipinski definition) is 8. The van der Waals surface area contributed by atoms with Crippen molar-refractivity contribution in [1.82, 2.24) is 19.6 Å². The Morgan fingerprint density at radius 3 is 2.59 bits per heavy atom. The molecule has 172 valence electrons. The predicted octanol–water partition coefficient (Wildman–Crippen LogP) is 3.90. The number of aromatic nitrogens is 4. The van der Waals surface area contributed by atoms with Crippen molar-refractivity contribution in [3.8, 4) is 34.5 Å². The molecule has 9 heteroatoms. The number of rotatable bonds is 5. The van der Waals surface area contributed by atoms with E-state index >= 15 is 0 Å². The summed E-state index contributed by atoms with van der Waals surface area (Å²) >= 11 is 0. The zero-order valence-corrected chi connectivity index (χ0v) is 19.1. The van der Waals surface area contributed by atoms with Crippen molar-refractivity contribution in [2.45, 2.75) is 19.8 Å². The van der Waals surface area contributed by atoms with Gasteiger partial charge in [-0.15, -0.1) is 5.10 Å². The van der Waals surface area contributed by atoms with E-state index in [-0.39, 0.29) is 11.5 Å². The smallest absolute Gasteiger partial charge is 0.228 e. The van der Waals surface area contributed by atoms with Crippen LogP contribution in [0, 0.1) is 0 Å². The van der Waals surface area contributed by atoms with E-state index in [4.69, 9.17) is 19.2 Å². The minimum Gasteiger partial charge on any atom is -0.507 e. The van der Waals surface area contributed by atoms with Crippen LogP contribution in [-0.4, -0.2) is 44.7 Å². The number of benzene rings is 2. The van der Waals surface area contributed by atoms with Crippen molar-refractivity contribution < 1.29 is 24.1 Å². The maximum atomic E-state index is 12.8. The van der Waals surface area contributed by atoms with Crippen molar-refractivity contribution >= 4 is 11.4 Å². The Labute approximate surface area is 195 Å². The summed E-state index contributed by atoms with van der Waals surface area (Å²) in [5.74, 6) is 1.64. The highest BCUT2D eigenvalue weighted by Gasteiger charge is 2.36. The maximum absolute atomic E-state index is 12.8. The summed E-state index contributed by atoms with van der Waals surface area (Å²) in [5.41, 5.74) is 2.82. The van der Waals surface area contributed by atoms with Crippen LogP contribution >= 0.6 is 0 Å². The average Bonchev–Trinajstić information content (AvgIpc) is 3.27. The van der Waals surface area contributed by atoms with Gasteiger partial charge in [-0.2, -0.15) is 0 Å². The second-order valence-corrected chi connectivity index (χ2v) is 7.86. The van der Waals surface area contributed by atoms with Crippen molar-refractivity contribution in [3.63, 3.8) is 0 Å². The number of ether oxygens (including phenoxy) is 3. The van der Waals surface area contributed by atoms with Crippen molar-refractivity contribution in [2.75, 3.05) is 14.2 Å². The van der Waals surface area contributed by atoms with Crippen molar-refractivity contribution in [1.29, 1.82) is 0 Å². The number of allylic oxidation sites excluding steroid dienone is 2. The lowest BCUT2D eigenvalue weighted by Gasteiger charge is -2.28. The highest BCUT2D eigenvalue weighted by Crippen LogP contribution is 2.46. The number of phenols is 1. The summed E-state index contributed by atoms with van der Waals surface area (Å²) in [6.07, 6.45) is 1.50. The average molecular weight is 458 g/mol. The standard InChI is InChI=1S/C25H22N4O5/c1-13(30)20-14(2)34-25-22(21(20)15-9-10-18(32-3)19(11-15)33-4)24-27-23(28-29(24)12-26-25)16-7-5-6-8-17(16)31/h5-12,21,31H,1-4H3/t21-/m1/s1. The van der Waals surface area contributed by atoms with E-state index in [1.54, 1.807) is 51.5 Å². The summed E-state index contributed by atoms with van der Waals surface area (Å²) in [5, 5.41) is 14.8. The molecule has 0 bridgehead atoms. The molecule has 1 atom stereocenters. The third-order valence-corrected chi connectivity index (χ3v) is 5.86. The number of Topliss-reactive ketones (excluding diaryl/α,β-unsaturated/α-hetero) is 1. The van der Waals surface area contributed by atoms with Gasteiger partial charge in [0.05, 0.1) is 31.3 Å². The Morgan fingerprint density at radius 1 is 1.12 bits per heavy atom. The van der Waals surface area contributed by atoms with Crippen LogP contribution in [-0.2, 0) is 4.79 Å². The molecular formula is C25H22N4O5. The normalized spacial score (nSPS) is 15.1. The monoisotopic (exact) mass is 458 g/mol. The molecule has 4 aromatic rings. The summed E-state index contributed by atoms with van der Waals surface area (Å²) in [4.78, 5) is 22.0. The van der Waals surface area contributed by atoms with Crippen LogP contribution in [0.25, 0.3) is 17.0 Å². The number of hydrogen-bond donors (Lipinski definition) is 1. The van der Waals surface area contributed by atoms with Crippen LogP contribution in [0.1, 0.15) is 30.9 Å². The molecule has 0 amide bonds. The molecule has 3 heterocycles. The molecule has 1 aliphatic heterocycles. The van der Waals surface area contributed by atoms with Gasteiger partial charge in [0.2, 0.25) is 5.88 Å². The SMILES string of the molecule is COc1ccc([C@@H]2C(C(C)=O)=C(C)Oc3ncn4nc(-c5ccccc5O)nc4c32)cc1OC. The van der Waals surface area contributed by atoms with Crippen LogP contribution in [0.4, 0.5) is 0 Å². The number of para-hydroxylation sites is 1. The Hall–Kier alpha value is -4.40. The van der Waals surface area contributed by atoms with E-state index in [0.29, 0.717) is 51.3 Å². The fraction of sp³-hybridized carbons (Fsp3) is 0.200. The van der Waals surface area contributed by atoms with Gasteiger partial charge in [-0.05, 0) is 43.7 Å².